The Morgan fingerprint density at radius 1 is 1.14 bits per heavy atom. The van der Waals surface area contributed by atoms with Crippen LogP contribution in [0.4, 0.5) is 4.39 Å². The number of sulfonamides is 1. The van der Waals surface area contributed by atoms with Gasteiger partial charge in [-0.05, 0) is 48.0 Å². The standard InChI is InChI=1S/C25H25FN2O6S/c1-27(2)23-6-4-5-20(22(23)15-29)21-13-17(7-12-24(21)34-16-25(30)31)14-28(3)35(32,33)19-10-8-18(26)9-11-19/h4-13,20H,14,16H2,1-3H3,(H,30,31). The molecule has 1 aliphatic rings. The monoisotopic (exact) mass is 500 g/mol. The SMILES string of the molecule is CN(C)C1=CC=CC(c2cc(CN(C)S(=O)(=O)c3ccc(F)cc3)ccc2OCC(=O)O)C1=C=O. The third-order valence-corrected chi connectivity index (χ3v) is 7.24. The lowest BCUT2D eigenvalue weighted by atomic mass is 9.85. The Labute approximate surface area is 203 Å². The molecule has 10 heteroatoms. The average molecular weight is 501 g/mol. The maximum absolute atomic E-state index is 13.2. The van der Waals surface area contributed by atoms with Crippen LogP contribution in [0.3, 0.4) is 0 Å². The predicted molar refractivity (Wildman–Crippen MR) is 127 cm³/mol. The van der Waals surface area contributed by atoms with Crippen LogP contribution < -0.4 is 4.74 Å². The number of carboxylic acid groups (broad SMARTS) is 1. The van der Waals surface area contributed by atoms with Crippen LogP contribution in [0.2, 0.25) is 0 Å². The second kappa shape index (κ2) is 10.7. The van der Waals surface area contributed by atoms with Gasteiger partial charge < -0.3 is 14.7 Å². The van der Waals surface area contributed by atoms with E-state index in [2.05, 4.69) is 0 Å². The van der Waals surface area contributed by atoms with Crippen molar-refractivity contribution in [3.63, 3.8) is 0 Å². The van der Waals surface area contributed by atoms with Gasteiger partial charge in [-0.3, -0.25) is 0 Å². The van der Waals surface area contributed by atoms with Gasteiger partial charge in [0.1, 0.15) is 17.5 Å². The van der Waals surface area contributed by atoms with Gasteiger partial charge >= 0.3 is 5.97 Å². The zero-order chi connectivity index (χ0) is 25.8. The van der Waals surface area contributed by atoms with Gasteiger partial charge in [0.2, 0.25) is 10.0 Å². The number of halogens is 1. The lowest BCUT2D eigenvalue weighted by Crippen LogP contribution is -2.26. The van der Waals surface area contributed by atoms with Crippen LogP contribution >= 0.6 is 0 Å². The molecule has 1 unspecified atom stereocenters. The summed E-state index contributed by atoms with van der Waals surface area (Å²) in [5.74, 6) is -0.0552. The summed E-state index contributed by atoms with van der Waals surface area (Å²) < 4.78 is 45.7. The molecule has 0 aromatic heterocycles. The predicted octanol–water partition coefficient (Wildman–Crippen LogP) is 2.97. The summed E-state index contributed by atoms with van der Waals surface area (Å²) in [6.07, 6.45) is 5.31. The minimum atomic E-state index is -3.90. The molecule has 0 spiro atoms. The summed E-state index contributed by atoms with van der Waals surface area (Å²) in [7, 11) is 1.07. The molecule has 2 aromatic rings. The van der Waals surface area contributed by atoms with E-state index in [0.29, 0.717) is 22.4 Å². The van der Waals surface area contributed by atoms with E-state index in [0.717, 1.165) is 16.4 Å². The molecular formula is C25H25FN2O6S. The second-order valence-electron chi connectivity index (χ2n) is 8.09. The van der Waals surface area contributed by atoms with Crippen molar-refractivity contribution < 1.29 is 32.2 Å². The van der Waals surface area contributed by atoms with Crippen molar-refractivity contribution in [2.45, 2.75) is 17.4 Å². The molecule has 8 nitrogen and oxygen atoms in total. The van der Waals surface area contributed by atoms with Crippen LogP contribution in [-0.2, 0) is 26.2 Å². The van der Waals surface area contributed by atoms with Crippen molar-refractivity contribution in [1.82, 2.24) is 9.21 Å². The zero-order valence-electron chi connectivity index (χ0n) is 19.4. The highest BCUT2D eigenvalue weighted by molar-refractivity contribution is 7.89. The molecule has 0 amide bonds. The number of rotatable bonds is 9. The molecular weight excluding hydrogens is 475 g/mol. The number of likely N-dealkylation sites (N-methyl/N-ethyl adjacent to an activating group) is 1. The van der Waals surface area contributed by atoms with E-state index in [9.17, 15) is 22.4 Å². The van der Waals surface area contributed by atoms with Crippen LogP contribution in [0.1, 0.15) is 17.0 Å². The molecule has 0 radical (unpaired) electrons. The van der Waals surface area contributed by atoms with E-state index in [1.54, 1.807) is 55.4 Å². The van der Waals surface area contributed by atoms with Crippen molar-refractivity contribution >= 4 is 21.9 Å². The first-order valence-electron chi connectivity index (χ1n) is 10.5. The molecule has 0 saturated carbocycles. The van der Waals surface area contributed by atoms with Crippen LogP contribution in [0.15, 0.2) is 76.9 Å². The molecule has 0 saturated heterocycles. The van der Waals surface area contributed by atoms with Gasteiger partial charge in [0.05, 0.1) is 16.2 Å². The Kier molecular flexibility index (Phi) is 7.91. The smallest absolute Gasteiger partial charge is 0.341 e. The van der Waals surface area contributed by atoms with Crippen LogP contribution in [0.5, 0.6) is 5.75 Å². The summed E-state index contributed by atoms with van der Waals surface area (Å²) in [6, 6.07) is 9.39. The quantitative estimate of drug-likeness (QED) is 0.528. The molecule has 3 rings (SSSR count). The number of nitrogens with zero attached hydrogens (tertiary/aromatic N) is 2. The van der Waals surface area contributed by atoms with Gasteiger partial charge in [0, 0.05) is 39.2 Å². The zero-order valence-corrected chi connectivity index (χ0v) is 20.3. The maximum Gasteiger partial charge on any atom is 0.341 e. The van der Waals surface area contributed by atoms with Crippen molar-refractivity contribution in [3.8, 4) is 5.75 Å². The van der Waals surface area contributed by atoms with E-state index in [1.165, 1.54) is 19.2 Å². The van der Waals surface area contributed by atoms with Crippen LogP contribution in [-0.4, -0.2) is 62.4 Å². The number of carbonyl (C=O) groups is 1. The number of allylic oxidation sites excluding steroid dienone is 4. The van der Waals surface area contributed by atoms with Crippen LogP contribution in [0, 0.1) is 5.82 Å². The largest absolute Gasteiger partial charge is 0.482 e. The van der Waals surface area contributed by atoms with E-state index >= 15 is 0 Å². The highest BCUT2D eigenvalue weighted by Gasteiger charge is 2.27. The Balaban J connectivity index is 1.99. The summed E-state index contributed by atoms with van der Waals surface area (Å²) in [5.41, 5.74) is 2.05. The van der Waals surface area contributed by atoms with Gasteiger partial charge in [-0.1, -0.05) is 18.2 Å². The molecule has 1 aliphatic carbocycles. The molecule has 2 aromatic carbocycles. The number of hydrogen-bond donors (Lipinski definition) is 1. The van der Waals surface area contributed by atoms with Crippen molar-refractivity contribution in [2.75, 3.05) is 27.7 Å². The average Bonchev–Trinajstić information content (AvgIpc) is 2.82. The highest BCUT2D eigenvalue weighted by atomic mass is 32.2. The van der Waals surface area contributed by atoms with Crippen molar-refractivity contribution in [3.05, 3.63) is 88.9 Å². The molecule has 0 bridgehead atoms. The summed E-state index contributed by atoms with van der Waals surface area (Å²) in [4.78, 5) is 24.7. The lowest BCUT2D eigenvalue weighted by Gasteiger charge is -2.27. The molecule has 1 N–H and O–H groups in total. The Bertz CT molecular complexity index is 1330. The molecule has 0 heterocycles. The fourth-order valence-electron chi connectivity index (χ4n) is 3.71. The third-order valence-electron chi connectivity index (χ3n) is 5.42. The first-order chi connectivity index (χ1) is 16.5. The minimum Gasteiger partial charge on any atom is -0.482 e. The maximum atomic E-state index is 13.2. The fourth-order valence-corrected chi connectivity index (χ4v) is 4.87. The van der Waals surface area contributed by atoms with Crippen LogP contribution in [0.25, 0.3) is 0 Å². The number of hydrogen-bond acceptors (Lipinski definition) is 6. The minimum absolute atomic E-state index is 0.0289. The van der Waals surface area contributed by atoms with E-state index in [1.807, 2.05) is 5.94 Å². The van der Waals surface area contributed by atoms with Crippen molar-refractivity contribution in [2.24, 2.45) is 0 Å². The topological polar surface area (TPSA) is 104 Å². The van der Waals surface area contributed by atoms with Gasteiger partial charge in [0.25, 0.3) is 0 Å². The summed E-state index contributed by atoms with van der Waals surface area (Å²) >= 11 is 0. The Hall–Kier alpha value is -3.72. The number of aliphatic carboxylic acids is 1. The first-order valence-corrected chi connectivity index (χ1v) is 12.0. The van der Waals surface area contributed by atoms with Crippen molar-refractivity contribution in [1.29, 1.82) is 0 Å². The Morgan fingerprint density at radius 3 is 2.43 bits per heavy atom. The molecule has 0 aliphatic heterocycles. The van der Waals surface area contributed by atoms with E-state index in [4.69, 9.17) is 9.84 Å². The lowest BCUT2D eigenvalue weighted by molar-refractivity contribution is -0.139. The first kappa shape index (κ1) is 25.9. The fraction of sp³-hybridized carbons (Fsp3) is 0.240. The summed E-state index contributed by atoms with van der Waals surface area (Å²) in [5, 5.41) is 9.06. The molecule has 1 atom stereocenters. The van der Waals surface area contributed by atoms with Gasteiger partial charge in [0.15, 0.2) is 6.61 Å². The number of benzene rings is 2. The number of carbonyl (C=O) groups excluding carboxylic acids is 1. The highest BCUT2D eigenvalue weighted by Crippen LogP contribution is 2.38. The normalized spacial score (nSPS) is 15.5. The number of carboxylic acids is 1. The summed E-state index contributed by atoms with van der Waals surface area (Å²) in [6.45, 7) is -0.614. The van der Waals surface area contributed by atoms with Gasteiger partial charge in [-0.15, -0.1) is 0 Å². The third kappa shape index (κ3) is 5.86. The molecule has 184 valence electrons. The Morgan fingerprint density at radius 2 is 1.83 bits per heavy atom. The van der Waals surface area contributed by atoms with E-state index < -0.39 is 34.3 Å². The molecule has 0 fully saturated rings. The van der Waals surface area contributed by atoms with E-state index in [-0.39, 0.29) is 17.2 Å². The second-order valence-corrected chi connectivity index (χ2v) is 10.1. The van der Waals surface area contributed by atoms with Gasteiger partial charge in [-0.25, -0.2) is 22.4 Å². The van der Waals surface area contributed by atoms with Gasteiger partial charge in [-0.2, -0.15) is 4.31 Å². The number of ether oxygens (including phenoxy) is 1. The molecule has 35 heavy (non-hydrogen) atoms.